The number of hydrogen-bond donors (Lipinski definition) is 6. The summed E-state index contributed by atoms with van der Waals surface area (Å²) in [7, 11) is 0. The van der Waals surface area contributed by atoms with Crippen LogP contribution in [-0.4, -0.2) is 63.8 Å². The summed E-state index contributed by atoms with van der Waals surface area (Å²) in [4.78, 5) is 12.0. The molecule has 0 saturated heterocycles. The zero-order valence-corrected chi connectivity index (χ0v) is 19.4. The van der Waals surface area contributed by atoms with Crippen LogP contribution in [0.25, 0.3) is 0 Å². The summed E-state index contributed by atoms with van der Waals surface area (Å²) in [5, 5.41) is 13.3. The minimum Gasteiger partial charge on any atom is -0.355 e. The number of nitrogens with two attached hydrogens (primary N) is 2. The molecule has 7 heteroatoms. The fraction of sp³-hybridized carbons (Fsp3) is 0.955. The first kappa shape index (κ1) is 28.3. The molecule has 174 valence electrons. The number of nitrogens with one attached hydrogen (secondary N) is 4. The van der Waals surface area contributed by atoms with Crippen LogP contribution in [0.15, 0.2) is 0 Å². The van der Waals surface area contributed by atoms with Gasteiger partial charge in [0, 0.05) is 12.6 Å². The van der Waals surface area contributed by atoms with Crippen molar-refractivity contribution in [3.05, 3.63) is 0 Å². The number of carbonyl (C=O) groups excluding carboxylic acids is 1. The first-order valence-electron chi connectivity index (χ1n) is 11.9. The summed E-state index contributed by atoms with van der Waals surface area (Å²) in [5.74, 6) is 0.702. The Morgan fingerprint density at radius 2 is 1.38 bits per heavy atom. The number of hydrogen-bond acceptors (Lipinski definition) is 6. The lowest BCUT2D eigenvalue weighted by molar-refractivity contribution is -0.122. The van der Waals surface area contributed by atoms with E-state index < -0.39 is 0 Å². The van der Waals surface area contributed by atoms with Gasteiger partial charge in [0.25, 0.3) is 0 Å². The van der Waals surface area contributed by atoms with Crippen molar-refractivity contribution in [2.75, 3.05) is 45.8 Å². The van der Waals surface area contributed by atoms with Gasteiger partial charge in [0.2, 0.25) is 5.91 Å². The van der Waals surface area contributed by atoms with E-state index in [-0.39, 0.29) is 11.9 Å². The van der Waals surface area contributed by atoms with E-state index in [1.54, 1.807) is 0 Å². The lowest BCUT2D eigenvalue weighted by atomic mass is 10.0. The lowest BCUT2D eigenvalue weighted by Gasteiger charge is -2.16. The molecule has 0 radical (unpaired) electrons. The van der Waals surface area contributed by atoms with Crippen LogP contribution in [0.4, 0.5) is 0 Å². The molecule has 0 aliphatic rings. The molecule has 0 aromatic rings. The molecular weight excluding hydrogens is 364 g/mol. The Labute approximate surface area is 179 Å². The van der Waals surface area contributed by atoms with E-state index in [1.807, 2.05) is 0 Å². The molecule has 0 rings (SSSR count). The number of amides is 1. The van der Waals surface area contributed by atoms with Gasteiger partial charge >= 0.3 is 0 Å². The molecule has 0 aromatic heterocycles. The van der Waals surface area contributed by atoms with Crippen LogP contribution in [-0.2, 0) is 4.79 Å². The van der Waals surface area contributed by atoms with Gasteiger partial charge in [-0.05, 0) is 97.1 Å². The van der Waals surface area contributed by atoms with Crippen molar-refractivity contribution < 1.29 is 4.79 Å². The number of rotatable bonds is 21. The topological polar surface area (TPSA) is 117 Å². The quantitative estimate of drug-likeness (QED) is 0.158. The highest BCUT2D eigenvalue weighted by Crippen LogP contribution is 2.04. The molecule has 0 aromatic carbocycles. The summed E-state index contributed by atoms with van der Waals surface area (Å²) in [6.07, 6.45) is 8.32. The molecule has 0 aliphatic carbocycles. The van der Waals surface area contributed by atoms with Crippen LogP contribution < -0.4 is 32.7 Å². The fourth-order valence-corrected chi connectivity index (χ4v) is 3.29. The largest absolute Gasteiger partial charge is 0.355 e. The molecule has 0 fully saturated rings. The normalized spacial score (nSPS) is 13.6. The van der Waals surface area contributed by atoms with E-state index in [1.165, 1.54) is 12.8 Å². The Morgan fingerprint density at radius 1 is 0.793 bits per heavy atom. The summed E-state index contributed by atoms with van der Waals surface area (Å²) < 4.78 is 0. The molecule has 0 spiro atoms. The van der Waals surface area contributed by atoms with Crippen molar-refractivity contribution in [3.8, 4) is 0 Å². The van der Waals surface area contributed by atoms with Gasteiger partial charge in [-0.15, -0.1) is 0 Å². The van der Waals surface area contributed by atoms with Crippen LogP contribution in [0.1, 0.15) is 72.1 Å². The van der Waals surface area contributed by atoms with E-state index in [9.17, 15) is 4.79 Å². The second kappa shape index (κ2) is 20.5. The van der Waals surface area contributed by atoms with Gasteiger partial charge in [-0.25, -0.2) is 0 Å². The minimum atomic E-state index is -0.386. The molecular formula is C22H50N6O. The second-order valence-corrected chi connectivity index (χ2v) is 8.58. The molecule has 7 nitrogen and oxygen atoms in total. The van der Waals surface area contributed by atoms with E-state index in [2.05, 4.69) is 42.0 Å². The van der Waals surface area contributed by atoms with Crippen molar-refractivity contribution >= 4 is 5.91 Å². The van der Waals surface area contributed by atoms with Crippen LogP contribution in [0.5, 0.6) is 0 Å². The number of unbranched alkanes of at least 4 members (excludes halogenated alkanes) is 2. The van der Waals surface area contributed by atoms with E-state index in [0.717, 1.165) is 83.7 Å². The molecule has 8 N–H and O–H groups in total. The monoisotopic (exact) mass is 414 g/mol. The Kier molecular flexibility index (Phi) is 20.0. The molecule has 0 saturated carbocycles. The second-order valence-electron chi connectivity index (χ2n) is 8.58. The first-order valence-corrected chi connectivity index (χ1v) is 11.9. The Bertz CT molecular complexity index is 367. The molecule has 1 amide bonds. The van der Waals surface area contributed by atoms with Crippen molar-refractivity contribution in [2.45, 2.75) is 84.2 Å². The SMILES string of the molecule is CC(C)CC(C)NCCCC[C@H](N)C(=O)NCCCNCCCCNCCCN. The maximum absolute atomic E-state index is 12.0. The summed E-state index contributed by atoms with van der Waals surface area (Å²) in [6, 6.07) is 0.168. The maximum Gasteiger partial charge on any atom is 0.236 e. The fourth-order valence-electron chi connectivity index (χ4n) is 3.29. The van der Waals surface area contributed by atoms with Gasteiger partial charge in [0.05, 0.1) is 6.04 Å². The molecule has 1 unspecified atom stereocenters. The summed E-state index contributed by atoms with van der Waals surface area (Å²) >= 11 is 0. The standard InChI is InChI=1S/C22H50N6O/c1-19(2)18-20(3)27-16-5-4-10-21(24)22(29)28-17-9-15-26-13-7-6-12-25-14-8-11-23/h19-21,25-27H,4-18,23-24H2,1-3H3,(H,28,29)/t20?,21-/m0/s1. The van der Waals surface area contributed by atoms with Crippen LogP contribution >= 0.6 is 0 Å². The third-order valence-corrected chi connectivity index (χ3v) is 4.94. The highest BCUT2D eigenvalue weighted by Gasteiger charge is 2.12. The summed E-state index contributed by atoms with van der Waals surface area (Å²) in [5.41, 5.74) is 11.5. The predicted molar refractivity (Wildman–Crippen MR) is 125 cm³/mol. The first-order chi connectivity index (χ1) is 14.0. The zero-order chi connectivity index (χ0) is 21.7. The highest BCUT2D eigenvalue weighted by molar-refractivity contribution is 5.81. The van der Waals surface area contributed by atoms with Gasteiger partial charge in [-0.3, -0.25) is 4.79 Å². The Hall–Kier alpha value is -0.730. The smallest absolute Gasteiger partial charge is 0.236 e. The lowest BCUT2D eigenvalue weighted by Crippen LogP contribution is -2.41. The van der Waals surface area contributed by atoms with Gasteiger partial charge < -0.3 is 32.7 Å². The predicted octanol–water partition coefficient (Wildman–Crippen LogP) is 1.32. The highest BCUT2D eigenvalue weighted by atomic mass is 16.2. The molecule has 0 aliphatic heterocycles. The van der Waals surface area contributed by atoms with Gasteiger partial charge in [0.1, 0.15) is 0 Å². The van der Waals surface area contributed by atoms with Crippen molar-refractivity contribution in [3.63, 3.8) is 0 Å². The van der Waals surface area contributed by atoms with Crippen molar-refractivity contribution in [1.29, 1.82) is 0 Å². The van der Waals surface area contributed by atoms with E-state index >= 15 is 0 Å². The van der Waals surface area contributed by atoms with E-state index in [4.69, 9.17) is 11.5 Å². The Morgan fingerprint density at radius 3 is 2.00 bits per heavy atom. The molecule has 2 atom stereocenters. The van der Waals surface area contributed by atoms with Crippen LogP contribution in [0.3, 0.4) is 0 Å². The van der Waals surface area contributed by atoms with E-state index in [0.29, 0.717) is 12.6 Å². The van der Waals surface area contributed by atoms with Crippen LogP contribution in [0, 0.1) is 5.92 Å². The third kappa shape index (κ3) is 20.3. The van der Waals surface area contributed by atoms with Crippen molar-refractivity contribution in [1.82, 2.24) is 21.3 Å². The average molecular weight is 415 g/mol. The summed E-state index contributed by atoms with van der Waals surface area (Å²) in [6.45, 7) is 13.2. The Balaban J connectivity index is 3.40. The molecule has 29 heavy (non-hydrogen) atoms. The zero-order valence-electron chi connectivity index (χ0n) is 19.4. The van der Waals surface area contributed by atoms with Crippen molar-refractivity contribution in [2.24, 2.45) is 17.4 Å². The van der Waals surface area contributed by atoms with Gasteiger partial charge in [-0.2, -0.15) is 0 Å². The average Bonchev–Trinajstić information content (AvgIpc) is 2.67. The maximum atomic E-state index is 12.0. The minimum absolute atomic E-state index is 0.0188. The number of carbonyl (C=O) groups is 1. The van der Waals surface area contributed by atoms with Gasteiger partial charge in [-0.1, -0.05) is 20.3 Å². The molecule has 0 bridgehead atoms. The van der Waals surface area contributed by atoms with Gasteiger partial charge in [0.15, 0.2) is 0 Å². The third-order valence-electron chi connectivity index (χ3n) is 4.94. The molecule has 0 heterocycles. The van der Waals surface area contributed by atoms with Crippen LogP contribution in [0.2, 0.25) is 0 Å².